The van der Waals surface area contributed by atoms with Crippen LogP contribution in [0, 0.1) is 0 Å². The summed E-state index contributed by atoms with van der Waals surface area (Å²) in [5, 5.41) is 9.54. The second kappa shape index (κ2) is 6.12. The zero-order valence-corrected chi connectivity index (χ0v) is 11.6. The molecule has 1 aliphatic heterocycles. The lowest BCUT2D eigenvalue weighted by molar-refractivity contribution is -0.0756. The van der Waals surface area contributed by atoms with Crippen LogP contribution in [0.15, 0.2) is 21.9 Å². The Morgan fingerprint density at radius 2 is 2.24 bits per heavy atom. The van der Waals surface area contributed by atoms with Gasteiger partial charge in [0.1, 0.15) is 6.10 Å². The molecule has 2 unspecified atom stereocenters. The second-order valence-electron chi connectivity index (χ2n) is 4.50. The summed E-state index contributed by atoms with van der Waals surface area (Å²) in [6.45, 7) is 1.29. The molecule has 0 aliphatic carbocycles. The molecule has 0 amide bonds. The molecule has 3 N–H and O–H groups in total. The molecule has 116 valence electrons. The second-order valence-corrected chi connectivity index (χ2v) is 5.19. The molecule has 21 heavy (non-hydrogen) atoms. The van der Waals surface area contributed by atoms with Crippen molar-refractivity contribution >= 4 is 8.25 Å². The molecule has 6 atom stereocenters. The van der Waals surface area contributed by atoms with E-state index in [-0.39, 0.29) is 0 Å². The number of hydrogen-bond acceptors (Lipinski definition) is 6. The van der Waals surface area contributed by atoms with Crippen molar-refractivity contribution in [1.82, 2.24) is 9.55 Å². The molecular weight excluding hydrogens is 310 g/mol. The summed E-state index contributed by atoms with van der Waals surface area (Å²) < 4.78 is 35.6. The van der Waals surface area contributed by atoms with E-state index in [9.17, 15) is 23.7 Å². The van der Waals surface area contributed by atoms with Crippen LogP contribution in [-0.4, -0.2) is 44.0 Å². The van der Waals surface area contributed by atoms with Gasteiger partial charge in [0.25, 0.3) is 5.56 Å². The summed E-state index contributed by atoms with van der Waals surface area (Å²) in [5.74, 6) is 0. The van der Waals surface area contributed by atoms with Gasteiger partial charge < -0.3 is 9.84 Å². The maximum absolute atomic E-state index is 14.3. The zero-order valence-electron chi connectivity index (χ0n) is 10.7. The van der Waals surface area contributed by atoms with Crippen LogP contribution in [0.2, 0.25) is 0 Å². The Balaban J connectivity index is 2.35. The molecule has 0 radical (unpaired) electrons. The summed E-state index contributed by atoms with van der Waals surface area (Å²) in [6, 6.07) is 0.996. The van der Waals surface area contributed by atoms with Crippen LogP contribution in [0.4, 0.5) is 4.39 Å². The summed E-state index contributed by atoms with van der Waals surface area (Å²) in [7, 11) is -3.12. The number of nitrogens with zero attached hydrogens (tertiary/aromatic N) is 1. The molecule has 0 saturated carbocycles. The van der Waals surface area contributed by atoms with Crippen molar-refractivity contribution in [1.29, 1.82) is 0 Å². The van der Waals surface area contributed by atoms with Crippen LogP contribution in [0.3, 0.4) is 0 Å². The van der Waals surface area contributed by atoms with E-state index >= 15 is 0 Å². The minimum atomic E-state index is -3.12. The lowest BCUT2D eigenvalue weighted by Crippen LogP contribution is -2.37. The van der Waals surface area contributed by atoms with E-state index in [2.05, 4.69) is 4.52 Å². The van der Waals surface area contributed by atoms with Gasteiger partial charge in [-0.2, -0.15) is 0 Å². The van der Waals surface area contributed by atoms with Crippen LogP contribution in [0.5, 0.6) is 0 Å². The van der Waals surface area contributed by atoms with Gasteiger partial charge in [-0.15, -0.1) is 9.42 Å². The molecule has 0 aromatic carbocycles. The van der Waals surface area contributed by atoms with Crippen LogP contribution in [-0.2, 0) is 13.8 Å². The number of halogens is 1. The molecule has 1 aromatic rings. The summed E-state index contributed by atoms with van der Waals surface area (Å²) in [4.78, 5) is 33.3. The molecule has 2 heterocycles. The van der Waals surface area contributed by atoms with E-state index < -0.39 is 50.2 Å². The molecule has 2 rings (SSSR count). The van der Waals surface area contributed by atoms with Gasteiger partial charge in [0.2, 0.25) is 0 Å². The maximum Gasteiger partial charge on any atom is 0.695 e. The largest absolute Gasteiger partial charge is 0.695 e. The number of aliphatic hydroxyl groups is 1. The van der Waals surface area contributed by atoms with Crippen LogP contribution in [0.1, 0.15) is 13.2 Å². The van der Waals surface area contributed by atoms with E-state index in [0.29, 0.717) is 0 Å². The standard InChI is InChI=1S/C10H12FN2O7P/c1-4(14)7-8(20-21(17)18)6(11)9(19-7)13-3-2-5(15)12-10(13)16/h2-4,6-9,14H,1H3,(H-,12,15,16,17,18)/p+1/t4-,6?,7+,8+,9+/m0/s1. The van der Waals surface area contributed by atoms with Crippen molar-refractivity contribution in [2.75, 3.05) is 0 Å². The van der Waals surface area contributed by atoms with Crippen molar-refractivity contribution in [3.05, 3.63) is 33.1 Å². The first-order valence-corrected chi connectivity index (χ1v) is 7.06. The average molecular weight is 323 g/mol. The fraction of sp³-hybridized carbons (Fsp3) is 0.600. The van der Waals surface area contributed by atoms with Crippen molar-refractivity contribution in [2.45, 2.75) is 37.6 Å². The highest BCUT2D eigenvalue weighted by Gasteiger charge is 2.53. The van der Waals surface area contributed by atoms with Crippen LogP contribution < -0.4 is 11.2 Å². The third-order valence-corrected chi connectivity index (χ3v) is 3.44. The van der Waals surface area contributed by atoms with Crippen molar-refractivity contribution in [2.24, 2.45) is 0 Å². The minimum Gasteiger partial charge on any atom is -0.391 e. The Labute approximate surface area is 117 Å². The Morgan fingerprint density at radius 1 is 1.57 bits per heavy atom. The number of aromatic nitrogens is 2. The first-order chi connectivity index (χ1) is 9.81. The Kier molecular flexibility index (Phi) is 4.64. The van der Waals surface area contributed by atoms with Gasteiger partial charge in [0, 0.05) is 16.8 Å². The molecule has 0 spiro atoms. The number of alkyl halides is 1. The highest BCUT2D eigenvalue weighted by Crippen LogP contribution is 2.38. The van der Waals surface area contributed by atoms with Gasteiger partial charge in [-0.1, -0.05) is 0 Å². The number of H-pyrrole nitrogens is 1. The van der Waals surface area contributed by atoms with E-state index in [1.807, 2.05) is 4.98 Å². The zero-order chi connectivity index (χ0) is 15.7. The number of aromatic amines is 1. The Hall–Kier alpha value is -1.45. The number of rotatable bonds is 4. The third-order valence-electron chi connectivity index (χ3n) is 3.02. The Bertz CT molecular complexity index is 645. The van der Waals surface area contributed by atoms with E-state index in [1.54, 1.807) is 0 Å². The average Bonchev–Trinajstić information content (AvgIpc) is 2.67. The van der Waals surface area contributed by atoms with Crippen LogP contribution in [0.25, 0.3) is 0 Å². The normalized spacial score (nSPS) is 31.1. The highest BCUT2D eigenvalue weighted by atomic mass is 31.1. The monoisotopic (exact) mass is 323 g/mol. The lowest BCUT2D eigenvalue weighted by atomic mass is 10.1. The molecule has 1 saturated heterocycles. The van der Waals surface area contributed by atoms with E-state index in [4.69, 9.17) is 9.63 Å². The predicted octanol–water partition coefficient (Wildman–Crippen LogP) is -0.812. The summed E-state index contributed by atoms with van der Waals surface area (Å²) in [5.41, 5.74) is -1.57. The molecule has 1 aliphatic rings. The van der Waals surface area contributed by atoms with E-state index in [1.165, 1.54) is 6.92 Å². The van der Waals surface area contributed by atoms with Gasteiger partial charge in [-0.05, 0) is 6.92 Å². The molecule has 1 fully saturated rings. The molecule has 9 nitrogen and oxygen atoms in total. The van der Waals surface area contributed by atoms with Gasteiger partial charge in [-0.25, -0.2) is 9.18 Å². The molecule has 0 bridgehead atoms. The van der Waals surface area contributed by atoms with Gasteiger partial charge in [-0.3, -0.25) is 14.3 Å². The number of ether oxygens (including phenoxy) is 1. The molecule has 1 aromatic heterocycles. The van der Waals surface area contributed by atoms with Gasteiger partial charge in [0.15, 0.2) is 18.5 Å². The predicted molar refractivity (Wildman–Crippen MR) is 66.5 cm³/mol. The minimum absolute atomic E-state index is 0.664. The molecule has 11 heteroatoms. The van der Waals surface area contributed by atoms with Crippen molar-refractivity contribution < 1.29 is 28.2 Å². The first kappa shape index (κ1) is 15.9. The fourth-order valence-electron chi connectivity index (χ4n) is 2.11. The SMILES string of the molecule is C[C@H](O)[C@H]1O[C@@H](n2ccc(=O)[nH]c2=O)C(F)[C@H]1O[P+](=O)O. The lowest BCUT2D eigenvalue weighted by Gasteiger charge is -2.17. The van der Waals surface area contributed by atoms with Crippen molar-refractivity contribution in [3.63, 3.8) is 0 Å². The van der Waals surface area contributed by atoms with E-state index in [0.717, 1.165) is 16.8 Å². The number of hydrogen-bond donors (Lipinski definition) is 3. The smallest absolute Gasteiger partial charge is 0.391 e. The van der Waals surface area contributed by atoms with Gasteiger partial charge >= 0.3 is 13.9 Å². The highest BCUT2D eigenvalue weighted by molar-refractivity contribution is 7.32. The molecular formula is C10H13FN2O7P+. The Morgan fingerprint density at radius 3 is 2.76 bits per heavy atom. The maximum atomic E-state index is 14.3. The topological polar surface area (TPSA) is 131 Å². The third kappa shape index (κ3) is 3.25. The summed E-state index contributed by atoms with van der Waals surface area (Å²) in [6.07, 6.45) is -6.42. The quantitative estimate of drug-likeness (QED) is 0.617. The van der Waals surface area contributed by atoms with Gasteiger partial charge in [0.05, 0.1) is 6.10 Å². The number of nitrogens with one attached hydrogen (secondary N) is 1. The van der Waals surface area contributed by atoms with Crippen LogP contribution >= 0.6 is 8.25 Å². The number of aliphatic hydroxyl groups excluding tert-OH is 1. The fourth-order valence-corrected chi connectivity index (χ4v) is 2.56. The summed E-state index contributed by atoms with van der Waals surface area (Å²) >= 11 is 0. The van der Waals surface area contributed by atoms with Crippen molar-refractivity contribution in [3.8, 4) is 0 Å². The first-order valence-electron chi connectivity index (χ1n) is 5.93.